The molecule has 4 heterocycles. The summed E-state index contributed by atoms with van der Waals surface area (Å²) >= 11 is 0. The molecule has 0 spiro atoms. The second-order valence-electron chi connectivity index (χ2n) is 9.25. The van der Waals surface area contributed by atoms with Gasteiger partial charge in [-0.1, -0.05) is 42.5 Å². The predicted octanol–water partition coefficient (Wildman–Crippen LogP) is 3.40. The highest BCUT2D eigenvalue weighted by atomic mass is 32.2. The summed E-state index contributed by atoms with van der Waals surface area (Å²) in [6.07, 6.45) is 4.87. The lowest BCUT2D eigenvalue weighted by Crippen LogP contribution is -2.37. The summed E-state index contributed by atoms with van der Waals surface area (Å²) in [5, 5.41) is 5.34. The molecule has 2 fully saturated rings. The number of ether oxygens (including phenoxy) is 2. The second kappa shape index (κ2) is 10.2. The number of benzene rings is 2. The van der Waals surface area contributed by atoms with E-state index in [0.29, 0.717) is 55.8 Å². The first kappa shape index (κ1) is 24.0. The fraction of sp³-hybridized carbons (Fsp3) is 0.385. The van der Waals surface area contributed by atoms with Gasteiger partial charge in [0.05, 0.1) is 24.5 Å². The third-order valence-corrected chi connectivity index (χ3v) is 8.09. The topological polar surface area (TPSA) is 112 Å². The van der Waals surface area contributed by atoms with Crippen molar-refractivity contribution in [1.82, 2.24) is 24.7 Å². The molecule has 1 unspecified atom stereocenters. The number of rotatable bonds is 6. The highest BCUT2D eigenvalue weighted by Crippen LogP contribution is 2.31. The van der Waals surface area contributed by atoms with Crippen molar-refractivity contribution in [3.63, 3.8) is 0 Å². The maximum absolute atomic E-state index is 13.5. The van der Waals surface area contributed by atoms with E-state index in [2.05, 4.69) is 9.97 Å². The van der Waals surface area contributed by atoms with Crippen molar-refractivity contribution in [3.8, 4) is 11.4 Å². The van der Waals surface area contributed by atoms with Gasteiger partial charge in [-0.3, -0.25) is 0 Å². The Kier molecular flexibility index (Phi) is 6.58. The zero-order chi connectivity index (χ0) is 25.2. The Morgan fingerprint density at radius 1 is 0.919 bits per heavy atom. The van der Waals surface area contributed by atoms with Crippen LogP contribution in [-0.4, -0.2) is 66.1 Å². The summed E-state index contributed by atoms with van der Waals surface area (Å²) in [5.74, 6) is 0.443. The molecule has 1 atom stereocenters. The van der Waals surface area contributed by atoms with E-state index in [0.717, 1.165) is 30.2 Å². The Morgan fingerprint density at radius 3 is 2.54 bits per heavy atom. The molecule has 37 heavy (non-hydrogen) atoms. The lowest BCUT2D eigenvalue weighted by molar-refractivity contribution is -0.0390. The zero-order valence-electron chi connectivity index (χ0n) is 20.4. The number of hydrogen-bond donors (Lipinski definition) is 0. The van der Waals surface area contributed by atoms with E-state index in [1.807, 2.05) is 52.2 Å². The maximum Gasteiger partial charge on any atom is 0.252 e. The first-order valence-electron chi connectivity index (χ1n) is 12.5. The Morgan fingerprint density at radius 2 is 1.76 bits per heavy atom. The molecule has 2 aromatic carbocycles. The van der Waals surface area contributed by atoms with Crippen LogP contribution in [0.4, 0.5) is 5.95 Å². The van der Waals surface area contributed by atoms with Crippen molar-refractivity contribution in [3.05, 3.63) is 60.3 Å². The molecule has 6 rings (SSSR count). The quantitative estimate of drug-likeness (QED) is 0.377. The molecule has 2 saturated heterocycles. The van der Waals surface area contributed by atoms with Crippen molar-refractivity contribution >= 4 is 26.7 Å². The predicted molar refractivity (Wildman–Crippen MR) is 138 cm³/mol. The highest BCUT2D eigenvalue weighted by Gasteiger charge is 2.26. The molecular weight excluding hydrogens is 492 g/mol. The Labute approximate surface area is 215 Å². The van der Waals surface area contributed by atoms with Crippen LogP contribution in [0.1, 0.15) is 31.1 Å². The summed E-state index contributed by atoms with van der Waals surface area (Å²) < 4.78 is 40.2. The van der Waals surface area contributed by atoms with Gasteiger partial charge in [-0.15, -0.1) is 0 Å². The van der Waals surface area contributed by atoms with Crippen molar-refractivity contribution < 1.29 is 17.9 Å². The summed E-state index contributed by atoms with van der Waals surface area (Å²) in [6.45, 7) is 2.91. The van der Waals surface area contributed by atoms with E-state index in [-0.39, 0.29) is 17.1 Å². The van der Waals surface area contributed by atoms with Gasteiger partial charge < -0.3 is 14.4 Å². The van der Waals surface area contributed by atoms with Gasteiger partial charge >= 0.3 is 0 Å². The van der Waals surface area contributed by atoms with E-state index in [9.17, 15) is 8.42 Å². The molecule has 0 amide bonds. The number of sulfone groups is 1. The van der Waals surface area contributed by atoms with Crippen LogP contribution in [0.25, 0.3) is 22.3 Å². The van der Waals surface area contributed by atoms with Crippen molar-refractivity contribution in [2.24, 2.45) is 0 Å². The smallest absolute Gasteiger partial charge is 0.252 e. The standard InChI is InChI=1S/C26H28N6O4S/c33-37(34,18-19-7-2-1-3-8-19)26-28-24(27-25(29-26)31-12-15-35-16-13-31)20-9-6-10-22-21(20)17-32(30-22)23-11-4-5-14-36-23/h1-3,6-10,17,23H,4-5,11-16,18H2. The van der Waals surface area contributed by atoms with Gasteiger partial charge in [0.25, 0.3) is 5.16 Å². The summed E-state index contributed by atoms with van der Waals surface area (Å²) in [4.78, 5) is 15.6. The monoisotopic (exact) mass is 520 g/mol. The second-order valence-corrected chi connectivity index (χ2v) is 11.1. The van der Waals surface area contributed by atoms with Crippen molar-refractivity contribution in [1.29, 1.82) is 0 Å². The molecular formula is C26H28N6O4S. The Bertz CT molecular complexity index is 1500. The van der Waals surface area contributed by atoms with Gasteiger partial charge in [-0.25, -0.2) is 13.1 Å². The first-order chi connectivity index (χ1) is 18.1. The summed E-state index contributed by atoms with van der Waals surface area (Å²) in [5.41, 5.74) is 2.15. The Hall–Kier alpha value is -3.41. The zero-order valence-corrected chi connectivity index (χ0v) is 21.2. The average molecular weight is 521 g/mol. The van der Waals surface area contributed by atoms with Crippen LogP contribution >= 0.6 is 0 Å². The van der Waals surface area contributed by atoms with Gasteiger partial charge in [-0.05, 0) is 30.9 Å². The fourth-order valence-electron chi connectivity index (χ4n) is 4.70. The van der Waals surface area contributed by atoms with Gasteiger partial charge in [0.15, 0.2) is 5.82 Å². The number of anilines is 1. The lowest BCUT2D eigenvalue weighted by atomic mass is 10.1. The van der Waals surface area contributed by atoms with Crippen LogP contribution in [0, 0.1) is 0 Å². The molecule has 0 aliphatic carbocycles. The molecule has 11 heteroatoms. The summed E-state index contributed by atoms with van der Waals surface area (Å²) in [6, 6.07) is 14.8. The SMILES string of the molecule is O=S(=O)(Cc1ccccc1)c1nc(-c2cccc3nn(C4CCCCO4)cc23)nc(N2CCOCC2)n1. The van der Waals surface area contributed by atoms with Gasteiger partial charge in [0.2, 0.25) is 15.8 Å². The molecule has 192 valence electrons. The molecule has 4 aromatic rings. The molecule has 2 aromatic heterocycles. The van der Waals surface area contributed by atoms with Crippen LogP contribution in [0.15, 0.2) is 59.9 Å². The molecule has 0 bridgehead atoms. The van der Waals surface area contributed by atoms with Crippen LogP contribution in [0.3, 0.4) is 0 Å². The van der Waals surface area contributed by atoms with Crippen molar-refractivity contribution in [2.75, 3.05) is 37.8 Å². The first-order valence-corrected chi connectivity index (χ1v) is 14.2. The maximum atomic E-state index is 13.5. The molecule has 0 N–H and O–H groups in total. The fourth-order valence-corrected chi connectivity index (χ4v) is 5.91. The van der Waals surface area contributed by atoms with Crippen LogP contribution in [0.2, 0.25) is 0 Å². The van der Waals surface area contributed by atoms with Crippen molar-refractivity contribution in [2.45, 2.75) is 36.4 Å². The Balaban J connectivity index is 1.45. The normalized spacial score (nSPS) is 18.8. The lowest BCUT2D eigenvalue weighted by Gasteiger charge is -2.27. The largest absolute Gasteiger partial charge is 0.378 e. The molecule has 2 aliphatic heterocycles. The van der Waals surface area contributed by atoms with E-state index < -0.39 is 9.84 Å². The third-order valence-electron chi connectivity index (χ3n) is 6.63. The number of fused-ring (bicyclic) bond motifs is 1. The highest BCUT2D eigenvalue weighted by molar-refractivity contribution is 7.90. The minimum atomic E-state index is -3.83. The molecule has 0 radical (unpaired) electrons. The van der Waals surface area contributed by atoms with E-state index in [4.69, 9.17) is 19.6 Å². The van der Waals surface area contributed by atoms with Gasteiger partial charge in [0, 0.05) is 36.8 Å². The molecule has 2 aliphatic rings. The number of aromatic nitrogens is 5. The summed E-state index contributed by atoms with van der Waals surface area (Å²) in [7, 11) is -3.83. The van der Waals surface area contributed by atoms with E-state index in [1.54, 1.807) is 12.1 Å². The van der Waals surface area contributed by atoms with Crippen LogP contribution in [0.5, 0.6) is 0 Å². The van der Waals surface area contributed by atoms with E-state index in [1.165, 1.54) is 0 Å². The van der Waals surface area contributed by atoms with Crippen LogP contribution in [-0.2, 0) is 25.1 Å². The average Bonchev–Trinajstić information content (AvgIpc) is 3.39. The molecule has 0 saturated carbocycles. The minimum Gasteiger partial charge on any atom is -0.378 e. The number of hydrogen-bond acceptors (Lipinski definition) is 9. The minimum absolute atomic E-state index is 0.113. The number of morpholine rings is 1. The molecule has 10 nitrogen and oxygen atoms in total. The third kappa shape index (κ3) is 5.07. The van der Waals surface area contributed by atoms with Gasteiger partial charge in [0.1, 0.15) is 6.23 Å². The van der Waals surface area contributed by atoms with E-state index >= 15 is 0 Å². The van der Waals surface area contributed by atoms with Crippen LogP contribution < -0.4 is 4.90 Å². The number of nitrogens with zero attached hydrogens (tertiary/aromatic N) is 6. The van der Waals surface area contributed by atoms with Gasteiger partial charge in [-0.2, -0.15) is 20.1 Å².